The Morgan fingerprint density at radius 2 is 1.65 bits per heavy atom. The van der Waals surface area contributed by atoms with Crippen molar-refractivity contribution in [3.05, 3.63) is 70.8 Å². The summed E-state index contributed by atoms with van der Waals surface area (Å²) in [6.45, 7) is 6.11. The van der Waals surface area contributed by atoms with Crippen molar-refractivity contribution >= 4 is 17.7 Å². The molecule has 1 aliphatic heterocycles. The number of hydrogen-bond acceptors (Lipinski definition) is 3. The monoisotopic (exact) mass is 368 g/mol. The van der Waals surface area contributed by atoms with E-state index in [1.165, 1.54) is 48.2 Å². The van der Waals surface area contributed by atoms with Gasteiger partial charge in [-0.05, 0) is 55.1 Å². The molecule has 1 amide bonds. The van der Waals surface area contributed by atoms with E-state index in [9.17, 15) is 4.79 Å². The number of hydrogen-bond donors (Lipinski definition) is 1. The van der Waals surface area contributed by atoms with Crippen molar-refractivity contribution in [2.45, 2.75) is 38.6 Å². The lowest BCUT2D eigenvalue weighted by Gasteiger charge is -2.17. The molecule has 0 spiro atoms. The van der Waals surface area contributed by atoms with Gasteiger partial charge in [0.1, 0.15) is 0 Å². The molecule has 1 heterocycles. The molecule has 3 rings (SSSR count). The fraction of sp³-hybridized carbons (Fsp3) is 0.409. The van der Waals surface area contributed by atoms with Gasteiger partial charge in [-0.25, -0.2) is 0 Å². The summed E-state index contributed by atoms with van der Waals surface area (Å²) in [6, 6.07) is 16.8. The third-order valence-electron chi connectivity index (χ3n) is 4.94. The van der Waals surface area contributed by atoms with Gasteiger partial charge in [0.05, 0.1) is 5.75 Å². The summed E-state index contributed by atoms with van der Waals surface area (Å²) in [4.78, 5) is 14.7. The van der Waals surface area contributed by atoms with Gasteiger partial charge in [0.25, 0.3) is 0 Å². The van der Waals surface area contributed by atoms with Crippen molar-refractivity contribution in [2.75, 3.05) is 18.8 Å². The summed E-state index contributed by atoms with van der Waals surface area (Å²) in [5.41, 5.74) is 5.16. The zero-order valence-electron chi connectivity index (χ0n) is 15.5. The number of aryl methyl sites for hydroxylation is 1. The van der Waals surface area contributed by atoms with Crippen molar-refractivity contribution < 1.29 is 4.79 Å². The minimum Gasteiger partial charge on any atom is -0.351 e. The summed E-state index contributed by atoms with van der Waals surface area (Å²) in [7, 11) is 0. The lowest BCUT2D eigenvalue weighted by Crippen LogP contribution is -2.26. The predicted molar refractivity (Wildman–Crippen MR) is 110 cm³/mol. The van der Waals surface area contributed by atoms with Gasteiger partial charge in [-0.3, -0.25) is 9.69 Å². The minimum atomic E-state index is 0.111. The number of carbonyl (C=O) groups excluding carboxylic acids is 1. The lowest BCUT2D eigenvalue weighted by atomic mass is 10.1. The zero-order valence-corrected chi connectivity index (χ0v) is 16.4. The van der Waals surface area contributed by atoms with Crippen LogP contribution in [-0.4, -0.2) is 29.6 Å². The van der Waals surface area contributed by atoms with E-state index in [-0.39, 0.29) is 5.91 Å². The van der Waals surface area contributed by atoms with Crippen LogP contribution in [0, 0.1) is 6.92 Å². The molecule has 1 N–H and O–H groups in total. The smallest absolute Gasteiger partial charge is 0.230 e. The van der Waals surface area contributed by atoms with Crippen LogP contribution in [0.2, 0.25) is 0 Å². The van der Waals surface area contributed by atoms with Gasteiger partial charge in [0.15, 0.2) is 0 Å². The average molecular weight is 369 g/mol. The summed E-state index contributed by atoms with van der Waals surface area (Å²) < 4.78 is 0. The third-order valence-corrected chi connectivity index (χ3v) is 5.92. The standard InChI is InChI=1S/C22H28N2OS/c1-18-8-2-3-11-21(18)16-26-17-22(25)23-14-19-9-4-5-10-20(19)15-24-12-6-7-13-24/h2-5,8-11H,6-7,12-17H2,1H3,(H,23,25). The molecular formula is C22H28N2OS. The molecule has 0 atom stereocenters. The molecule has 1 saturated heterocycles. The normalized spacial score (nSPS) is 14.5. The summed E-state index contributed by atoms with van der Waals surface area (Å²) >= 11 is 1.67. The number of thioether (sulfide) groups is 1. The molecular weight excluding hydrogens is 340 g/mol. The summed E-state index contributed by atoms with van der Waals surface area (Å²) in [5.74, 6) is 1.49. The Hall–Kier alpha value is -1.78. The topological polar surface area (TPSA) is 32.3 Å². The Labute approximate surface area is 161 Å². The van der Waals surface area contributed by atoms with Gasteiger partial charge in [0, 0.05) is 18.8 Å². The molecule has 26 heavy (non-hydrogen) atoms. The lowest BCUT2D eigenvalue weighted by molar-refractivity contribution is -0.118. The summed E-state index contributed by atoms with van der Waals surface area (Å²) in [6.07, 6.45) is 2.61. The van der Waals surface area contributed by atoms with Gasteiger partial charge in [-0.15, -0.1) is 11.8 Å². The molecule has 0 unspecified atom stereocenters. The largest absolute Gasteiger partial charge is 0.351 e. The van der Waals surface area contributed by atoms with Gasteiger partial charge in [-0.2, -0.15) is 0 Å². The van der Waals surface area contributed by atoms with Crippen LogP contribution < -0.4 is 5.32 Å². The third kappa shape index (κ3) is 5.61. The van der Waals surface area contributed by atoms with Gasteiger partial charge in [-0.1, -0.05) is 48.5 Å². The fourth-order valence-corrected chi connectivity index (χ4v) is 4.27. The molecule has 2 aromatic rings. The summed E-state index contributed by atoms with van der Waals surface area (Å²) in [5, 5.41) is 3.09. The van der Waals surface area contributed by atoms with Crippen LogP contribution in [0.4, 0.5) is 0 Å². The number of likely N-dealkylation sites (tertiary alicyclic amines) is 1. The Morgan fingerprint density at radius 3 is 2.38 bits per heavy atom. The maximum absolute atomic E-state index is 12.2. The van der Waals surface area contributed by atoms with Crippen LogP contribution in [0.3, 0.4) is 0 Å². The SMILES string of the molecule is Cc1ccccc1CSCC(=O)NCc1ccccc1CN1CCCC1. The fourth-order valence-electron chi connectivity index (χ4n) is 3.34. The zero-order chi connectivity index (χ0) is 18.2. The number of nitrogens with zero attached hydrogens (tertiary/aromatic N) is 1. The molecule has 138 valence electrons. The second-order valence-electron chi connectivity index (χ2n) is 6.95. The van der Waals surface area contributed by atoms with Crippen LogP contribution in [-0.2, 0) is 23.6 Å². The number of rotatable bonds is 8. The highest BCUT2D eigenvalue weighted by Crippen LogP contribution is 2.17. The molecule has 0 bridgehead atoms. The van der Waals surface area contributed by atoms with E-state index in [0.29, 0.717) is 12.3 Å². The van der Waals surface area contributed by atoms with E-state index >= 15 is 0 Å². The molecule has 0 saturated carbocycles. The van der Waals surface area contributed by atoms with E-state index in [1.54, 1.807) is 11.8 Å². The Morgan fingerprint density at radius 1 is 1.00 bits per heavy atom. The Bertz CT molecular complexity index is 726. The van der Waals surface area contributed by atoms with Crippen LogP contribution in [0.5, 0.6) is 0 Å². The van der Waals surface area contributed by atoms with Crippen LogP contribution in [0.1, 0.15) is 35.1 Å². The number of nitrogens with one attached hydrogen (secondary N) is 1. The maximum atomic E-state index is 12.2. The first kappa shape index (κ1) is 19.0. The first-order valence-electron chi connectivity index (χ1n) is 9.40. The van der Waals surface area contributed by atoms with E-state index in [0.717, 1.165) is 12.3 Å². The molecule has 4 heteroatoms. The van der Waals surface area contributed by atoms with Gasteiger partial charge >= 0.3 is 0 Å². The first-order valence-corrected chi connectivity index (χ1v) is 10.6. The second kappa shape index (κ2) is 9.79. The highest BCUT2D eigenvalue weighted by molar-refractivity contribution is 7.99. The average Bonchev–Trinajstić information content (AvgIpc) is 3.16. The highest BCUT2D eigenvalue weighted by atomic mass is 32.2. The quantitative estimate of drug-likeness (QED) is 0.760. The van der Waals surface area contributed by atoms with E-state index < -0.39 is 0 Å². The van der Waals surface area contributed by atoms with Gasteiger partial charge < -0.3 is 5.32 Å². The van der Waals surface area contributed by atoms with E-state index in [1.807, 2.05) is 0 Å². The van der Waals surface area contributed by atoms with Crippen molar-refractivity contribution in [3.63, 3.8) is 0 Å². The van der Waals surface area contributed by atoms with Crippen molar-refractivity contribution in [1.82, 2.24) is 10.2 Å². The van der Waals surface area contributed by atoms with Crippen LogP contribution >= 0.6 is 11.8 Å². The molecule has 0 aliphatic carbocycles. The Balaban J connectivity index is 1.45. The van der Waals surface area contributed by atoms with E-state index in [4.69, 9.17) is 0 Å². The van der Waals surface area contributed by atoms with Crippen molar-refractivity contribution in [3.8, 4) is 0 Å². The molecule has 3 nitrogen and oxygen atoms in total. The van der Waals surface area contributed by atoms with Crippen molar-refractivity contribution in [1.29, 1.82) is 0 Å². The Kier molecular flexibility index (Phi) is 7.15. The number of benzene rings is 2. The van der Waals surface area contributed by atoms with Gasteiger partial charge in [0.2, 0.25) is 5.91 Å². The molecule has 0 aromatic heterocycles. The number of carbonyl (C=O) groups is 1. The molecule has 1 fully saturated rings. The van der Waals surface area contributed by atoms with E-state index in [2.05, 4.69) is 65.7 Å². The van der Waals surface area contributed by atoms with Crippen molar-refractivity contribution in [2.24, 2.45) is 0 Å². The molecule has 2 aromatic carbocycles. The predicted octanol–water partition coefficient (Wildman–Crippen LogP) is 4.14. The number of amides is 1. The highest BCUT2D eigenvalue weighted by Gasteiger charge is 2.13. The maximum Gasteiger partial charge on any atom is 0.230 e. The molecule has 0 radical (unpaired) electrons. The second-order valence-corrected chi connectivity index (χ2v) is 7.93. The van der Waals surface area contributed by atoms with Crippen LogP contribution in [0.15, 0.2) is 48.5 Å². The molecule has 1 aliphatic rings. The van der Waals surface area contributed by atoms with Crippen LogP contribution in [0.25, 0.3) is 0 Å². The minimum absolute atomic E-state index is 0.111. The first-order chi connectivity index (χ1) is 12.7.